The molecule has 32 heavy (non-hydrogen) atoms. The standard InChI is InChI=1S/C21H18N6O4S/c1-31-20-8-3-2-7-19(20)24-32(29,30)18-6-4-5-16(13-18)23-21(28)15-9-11-17(12-10-15)27-14-22-25-26-27/h2-14,24H,1H3,(H,23,28). The van der Waals surface area contributed by atoms with Gasteiger partial charge in [-0.3, -0.25) is 9.52 Å². The van der Waals surface area contributed by atoms with Crippen molar-refractivity contribution in [3.05, 3.63) is 84.7 Å². The molecule has 2 N–H and O–H groups in total. The van der Waals surface area contributed by atoms with Crippen LogP contribution in [-0.2, 0) is 10.0 Å². The first-order chi connectivity index (χ1) is 15.5. The molecule has 162 valence electrons. The molecule has 0 radical (unpaired) electrons. The summed E-state index contributed by atoms with van der Waals surface area (Å²) in [6.45, 7) is 0. The first-order valence-corrected chi connectivity index (χ1v) is 10.9. The Kier molecular flexibility index (Phi) is 5.81. The van der Waals surface area contributed by atoms with Crippen molar-refractivity contribution < 1.29 is 17.9 Å². The van der Waals surface area contributed by atoms with E-state index in [4.69, 9.17) is 4.74 Å². The maximum Gasteiger partial charge on any atom is 0.262 e. The minimum Gasteiger partial charge on any atom is -0.495 e. The molecule has 0 aliphatic heterocycles. The van der Waals surface area contributed by atoms with E-state index in [1.165, 1.54) is 30.3 Å². The van der Waals surface area contributed by atoms with Gasteiger partial charge in [-0.2, -0.15) is 0 Å². The molecule has 0 spiro atoms. The normalized spacial score (nSPS) is 11.0. The van der Waals surface area contributed by atoms with E-state index in [-0.39, 0.29) is 10.8 Å². The number of amides is 1. The van der Waals surface area contributed by atoms with Gasteiger partial charge < -0.3 is 10.1 Å². The first kappa shape index (κ1) is 21.0. The molecule has 1 heterocycles. The number of tetrazole rings is 1. The van der Waals surface area contributed by atoms with Crippen molar-refractivity contribution in [1.82, 2.24) is 20.2 Å². The minimum absolute atomic E-state index is 0.00441. The lowest BCUT2D eigenvalue weighted by Gasteiger charge is -2.12. The molecule has 1 amide bonds. The fourth-order valence-corrected chi connectivity index (χ4v) is 4.04. The van der Waals surface area contributed by atoms with Crippen molar-refractivity contribution in [2.45, 2.75) is 4.90 Å². The van der Waals surface area contributed by atoms with E-state index in [1.54, 1.807) is 60.7 Å². The predicted octanol–water partition coefficient (Wildman–Crippen LogP) is 2.72. The number of hydrogen-bond donors (Lipinski definition) is 2. The Hall–Kier alpha value is -4.25. The Morgan fingerprint density at radius 1 is 1.00 bits per heavy atom. The van der Waals surface area contributed by atoms with Gasteiger partial charge in [-0.25, -0.2) is 13.1 Å². The lowest BCUT2D eigenvalue weighted by molar-refractivity contribution is 0.102. The molecule has 0 unspecified atom stereocenters. The third kappa shape index (κ3) is 4.57. The quantitative estimate of drug-likeness (QED) is 0.443. The van der Waals surface area contributed by atoms with Crippen LogP contribution in [0.15, 0.2) is 84.0 Å². The van der Waals surface area contributed by atoms with Gasteiger partial charge in [-0.05, 0) is 65.0 Å². The Bertz CT molecular complexity index is 1340. The maximum absolute atomic E-state index is 12.8. The molecule has 0 aliphatic rings. The number of nitrogens with zero attached hydrogens (tertiary/aromatic N) is 4. The summed E-state index contributed by atoms with van der Waals surface area (Å²) < 4.78 is 34.8. The molecule has 3 aromatic carbocycles. The van der Waals surface area contributed by atoms with Crippen molar-refractivity contribution in [2.24, 2.45) is 0 Å². The third-order valence-corrected chi connectivity index (χ3v) is 5.86. The van der Waals surface area contributed by atoms with Gasteiger partial charge in [0.1, 0.15) is 12.1 Å². The van der Waals surface area contributed by atoms with Crippen LogP contribution in [0.4, 0.5) is 11.4 Å². The number of anilines is 2. The van der Waals surface area contributed by atoms with Crippen LogP contribution in [0.3, 0.4) is 0 Å². The van der Waals surface area contributed by atoms with Crippen LogP contribution in [0.5, 0.6) is 5.75 Å². The molecule has 0 bridgehead atoms. The van der Waals surface area contributed by atoms with E-state index in [1.807, 2.05) is 0 Å². The van der Waals surface area contributed by atoms with Gasteiger partial charge in [-0.1, -0.05) is 18.2 Å². The van der Waals surface area contributed by atoms with Crippen molar-refractivity contribution in [1.29, 1.82) is 0 Å². The van der Waals surface area contributed by atoms with Crippen LogP contribution < -0.4 is 14.8 Å². The van der Waals surface area contributed by atoms with E-state index in [0.29, 0.717) is 28.4 Å². The second-order valence-electron chi connectivity index (χ2n) is 6.59. The minimum atomic E-state index is -3.90. The summed E-state index contributed by atoms with van der Waals surface area (Å²) in [7, 11) is -2.45. The van der Waals surface area contributed by atoms with Gasteiger partial charge >= 0.3 is 0 Å². The maximum atomic E-state index is 12.8. The van der Waals surface area contributed by atoms with Gasteiger partial charge in [0, 0.05) is 11.3 Å². The molecule has 10 nitrogen and oxygen atoms in total. The molecule has 11 heteroatoms. The molecule has 0 atom stereocenters. The van der Waals surface area contributed by atoms with E-state index < -0.39 is 10.0 Å². The lowest BCUT2D eigenvalue weighted by atomic mass is 10.2. The summed E-state index contributed by atoms with van der Waals surface area (Å²) in [6, 6.07) is 19.3. The molecular formula is C21H18N6O4S. The molecule has 0 saturated heterocycles. The number of nitrogens with one attached hydrogen (secondary N) is 2. The highest BCUT2D eigenvalue weighted by Crippen LogP contribution is 2.27. The van der Waals surface area contributed by atoms with Gasteiger partial charge in [0.05, 0.1) is 23.4 Å². The Morgan fingerprint density at radius 2 is 1.78 bits per heavy atom. The Labute approximate surface area is 183 Å². The number of ether oxygens (including phenoxy) is 1. The van der Waals surface area contributed by atoms with Crippen LogP contribution >= 0.6 is 0 Å². The van der Waals surface area contributed by atoms with Crippen LogP contribution in [0, 0.1) is 0 Å². The zero-order valence-electron chi connectivity index (χ0n) is 16.8. The van der Waals surface area contributed by atoms with Gasteiger partial charge in [0.25, 0.3) is 15.9 Å². The largest absolute Gasteiger partial charge is 0.495 e. The van der Waals surface area contributed by atoms with Crippen LogP contribution in [0.1, 0.15) is 10.4 Å². The number of carbonyl (C=O) groups is 1. The number of rotatable bonds is 7. The number of benzene rings is 3. The number of sulfonamides is 1. The van der Waals surface area contributed by atoms with Crippen molar-refractivity contribution in [3.63, 3.8) is 0 Å². The Balaban J connectivity index is 1.50. The number of carbonyl (C=O) groups excluding carboxylic acids is 1. The Morgan fingerprint density at radius 3 is 2.50 bits per heavy atom. The fraction of sp³-hybridized carbons (Fsp3) is 0.0476. The van der Waals surface area contributed by atoms with Crippen LogP contribution in [0.2, 0.25) is 0 Å². The second kappa shape index (κ2) is 8.86. The summed E-state index contributed by atoms with van der Waals surface area (Å²) in [6.07, 6.45) is 1.44. The van der Waals surface area contributed by atoms with Crippen molar-refractivity contribution >= 4 is 27.3 Å². The fourth-order valence-electron chi connectivity index (χ4n) is 2.92. The summed E-state index contributed by atoms with van der Waals surface area (Å²) >= 11 is 0. The third-order valence-electron chi connectivity index (χ3n) is 4.50. The van der Waals surface area contributed by atoms with E-state index in [9.17, 15) is 13.2 Å². The molecule has 0 aliphatic carbocycles. The smallest absolute Gasteiger partial charge is 0.262 e. The molecule has 4 aromatic rings. The highest BCUT2D eigenvalue weighted by molar-refractivity contribution is 7.92. The second-order valence-corrected chi connectivity index (χ2v) is 8.27. The zero-order chi connectivity index (χ0) is 22.6. The molecule has 0 saturated carbocycles. The van der Waals surface area contributed by atoms with Crippen molar-refractivity contribution in [3.8, 4) is 11.4 Å². The summed E-state index contributed by atoms with van der Waals surface area (Å²) in [4.78, 5) is 12.6. The van der Waals surface area contributed by atoms with E-state index in [2.05, 4.69) is 25.6 Å². The monoisotopic (exact) mass is 450 g/mol. The summed E-state index contributed by atoms with van der Waals surface area (Å²) in [5.74, 6) is 0.00570. The SMILES string of the molecule is COc1ccccc1NS(=O)(=O)c1cccc(NC(=O)c2ccc(-n3cnnn3)cc2)c1. The lowest BCUT2D eigenvalue weighted by Crippen LogP contribution is -2.15. The number of para-hydroxylation sites is 2. The molecule has 4 rings (SSSR count). The van der Waals surface area contributed by atoms with Crippen molar-refractivity contribution in [2.75, 3.05) is 17.1 Å². The average Bonchev–Trinajstić information content (AvgIpc) is 3.34. The van der Waals surface area contributed by atoms with E-state index >= 15 is 0 Å². The highest BCUT2D eigenvalue weighted by atomic mass is 32.2. The number of methoxy groups -OCH3 is 1. The molecule has 1 aromatic heterocycles. The van der Waals surface area contributed by atoms with Gasteiger partial charge in [0.15, 0.2) is 0 Å². The summed E-state index contributed by atoms with van der Waals surface area (Å²) in [5.41, 5.74) is 1.74. The number of aromatic nitrogens is 4. The van der Waals surface area contributed by atoms with Crippen LogP contribution in [-0.4, -0.2) is 41.6 Å². The van der Waals surface area contributed by atoms with Crippen LogP contribution in [0.25, 0.3) is 5.69 Å². The molecular weight excluding hydrogens is 432 g/mol. The van der Waals surface area contributed by atoms with Gasteiger partial charge in [-0.15, -0.1) is 5.10 Å². The van der Waals surface area contributed by atoms with Gasteiger partial charge in [0.2, 0.25) is 0 Å². The number of hydrogen-bond acceptors (Lipinski definition) is 7. The predicted molar refractivity (Wildman–Crippen MR) is 117 cm³/mol. The topological polar surface area (TPSA) is 128 Å². The average molecular weight is 450 g/mol. The zero-order valence-corrected chi connectivity index (χ0v) is 17.7. The molecule has 0 fully saturated rings. The van der Waals surface area contributed by atoms with E-state index in [0.717, 1.165) is 0 Å². The first-order valence-electron chi connectivity index (χ1n) is 9.37. The highest BCUT2D eigenvalue weighted by Gasteiger charge is 2.17. The summed E-state index contributed by atoms with van der Waals surface area (Å²) in [5, 5.41) is 13.6.